The van der Waals surface area contributed by atoms with Crippen LogP contribution in [0.15, 0.2) is 16.9 Å². The molecule has 0 spiro atoms. The second-order valence-electron chi connectivity index (χ2n) is 5.11. The van der Waals surface area contributed by atoms with Crippen LogP contribution in [0.25, 0.3) is 0 Å². The summed E-state index contributed by atoms with van der Waals surface area (Å²) in [5.41, 5.74) is 0. The number of hydrogen-bond acceptors (Lipinski definition) is 4. The number of carbonyl (C=O) groups is 1. The number of amides is 2. The van der Waals surface area contributed by atoms with Gasteiger partial charge in [-0.15, -0.1) is 0 Å². The normalized spacial score (nSPS) is 25.4. The van der Waals surface area contributed by atoms with E-state index in [1.54, 1.807) is 24.4 Å². The highest BCUT2D eigenvalue weighted by molar-refractivity contribution is 9.10. The van der Waals surface area contributed by atoms with Crippen LogP contribution in [0.4, 0.5) is 10.7 Å². The summed E-state index contributed by atoms with van der Waals surface area (Å²) in [5.74, 6) is 0.495. The fourth-order valence-corrected chi connectivity index (χ4v) is 3.33. The second kappa shape index (κ2) is 5.65. The van der Waals surface area contributed by atoms with E-state index in [9.17, 15) is 4.79 Å². The van der Waals surface area contributed by atoms with Gasteiger partial charge in [0.1, 0.15) is 0 Å². The third kappa shape index (κ3) is 2.29. The third-order valence-corrected chi connectivity index (χ3v) is 4.40. The average Bonchev–Trinajstić information content (AvgIpc) is 2.99. The number of urea groups is 1. The van der Waals surface area contributed by atoms with Crippen LogP contribution in [0, 0.1) is 0 Å². The molecule has 0 radical (unpaired) electrons. The van der Waals surface area contributed by atoms with Crippen LogP contribution in [-0.4, -0.2) is 53.2 Å². The molecule has 0 bridgehead atoms. The summed E-state index contributed by atoms with van der Waals surface area (Å²) in [6.45, 7) is 1.19. The van der Waals surface area contributed by atoms with E-state index >= 15 is 0 Å². The molecule has 1 aliphatic carbocycles. The molecular weight excluding hydrogens is 324 g/mol. The van der Waals surface area contributed by atoms with Gasteiger partial charge >= 0.3 is 6.03 Å². The molecule has 1 saturated heterocycles. The Kier molecular flexibility index (Phi) is 3.89. The summed E-state index contributed by atoms with van der Waals surface area (Å²) in [6.07, 6.45) is 6.56. The van der Waals surface area contributed by atoms with E-state index in [1.165, 1.54) is 0 Å². The Balaban J connectivity index is 1.86. The predicted octanol–water partition coefficient (Wildman–Crippen LogP) is 2.05. The lowest BCUT2D eigenvalue weighted by molar-refractivity contribution is 0.146. The monoisotopic (exact) mass is 340 g/mol. The first-order valence-electron chi connectivity index (χ1n) is 6.78. The molecule has 6 nitrogen and oxygen atoms in total. The number of halogens is 1. The fraction of sp³-hybridized carbons (Fsp3) is 0.615. The highest BCUT2D eigenvalue weighted by Crippen LogP contribution is 2.37. The Morgan fingerprint density at radius 1 is 1.35 bits per heavy atom. The second-order valence-corrected chi connectivity index (χ2v) is 6.02. The van der Waals surface area contributed by atoms with E-state index in [0.717, 1.165) is 23.7 Å². The van der Waals surface area contributed by atoms with Gasteiger partial charge in [0.2, 0.25) is 5.95 Å². The van der Waals surface area contributed by atoms with Crippen LogP contribution in [0.3, 0.4) is 0 Å². The van der Waals surface area contributed by atoms with Crippen LogP contribution in [-0.2, 0) is 4.74 Å². The van der Waals surface area contributed by atoms with Gasteiger partial charge < -0.3 is 9.64 Å². The molecular formula is C13H17BrN4O2. The molecule has 1 aromatic heterocycles. The summed E-state index contributed by atoms with van der Waals surface area (Å²) in [4.78, 5) is 24.8. The SMILES string of the molecule is COCCN1C(=O)N(c2ncc(Br)cn2)[C@@H]2CCC[C@@H]21. The molecule has 2 heterocycles. The van der Waals surface area contributed by atoms with Gasteiger partial charge in [0.15, 0.2) is 0 Å². The zero-order valence-corrected chi connectivity index (χ0v) is 12.9. The first-order valence-corrected chi connectivity index (χ1v) is 7.58. The number of anilines is 1. The lowest BCUT2D eigenvalue weighted by Gasteiger charge is -2.21. The molecule has 3 rings (SSSR count). The van der Waals surface area contributed by atoms with Gasteiger partial charge in [-0.3, -0.25) is 4.90 Å². The van der Waals surface area contributed by atoms with Crippen molar-refractivity contribution >= 4 is 27.9 Å². The van der Waals surface area contributed by atoms with Gasteiger partial charge in [0, 0.05) is 26.0 Å². The largest absolute Gasteiger partial charge is 0.383 e. The van der Waals surface area contributed by atoms with Crippen molar-refractivity contribution in [3.63, 3.8) is 0 Å². The lowest BCUT2D eigenvalue weighted by Crippen LogP contribution is -2.37. The Morgan fingerprint density at radius 2 is 2.05 bits per heavy atom. The van der Waals surface area contributed by atoms with Crippen LogP contribution in [0.1, 0.15) is 19.3 Å². The molecule has 2 fully saturated rings. The zero-order chi connectivity index (χ0) is 14.1. The third-order valence-electron chi connectivity index (χ3n) is 3.99. The molecule has 0 N–H and O–H groups in total. The topological polar surface area (TPSA) is 58.6 Å². The molecule has 2 amide bonds. The quantitative estimate of drug-likeness (QED) is 0.841. The smallest absolute Gasteiger partial charge is 0.327 e. The number of hydrogen-bond donors (Lipinski definition) is 0. The van der Waals surface area contributed by atoms with Crippen molar-refractivity contribution in [3.8, 4) is 0 Å². The van der Waals surface area contributed by atoms with Crippen molar-refractivity contribution in [2.24, 2.45) is 0 Å². The molecule has 108 valence electrons. The number of rotatable bonds is 4. The fourth-order valence-electron chi connectivity index (χ4n) is 3.12. The van der Waals surface area contributed by atoms with Gasteiger partial charge in [0.25, 0.3) is 0 Å². The number of nitrogens with zero attached hydrogens (tertiary/aromatic N) is 4. The standard InChI is InChI=1S/C13H17BrN4O2/c1-20-6-5-17-10-3-2-4-11(10)18(13(17)19)12-15-7-9(14)8-16-12/h7-8,10-11H,2-6H2,1H3/t10-,11+/m0/s1. The van der Waals surface area contributed by atoms with Crippen molar-refractivity contribution in [2.75, 3.05) is 25.2 Å². The number of ether oxygens (including phenoxy) is 1. The minimum absolute atomic E-state index is 0.000859. The maximum atomic E-state index is 12.6. The number of methoxy groups -OCH3 is 1. The molecule has 1 saturated carbocycles. The maximum Gasteiger partial charge on any atom is 0.327 e. The van der Waals surface area contributed by atoms with Gasteiger partial charge in [-0.1, -0.05) is 0 Å². The van der Waals surface area contributed by atoms with Crippen LogP contribution in [0.2, 0.25) is 0 Å². The molecule has 20 heavy (non-hydrogen) atoms. The van der Waals surface area contributed by atoms with E-state index in [4.69, 9.17) is 4.74 Å². The van der Waals surface area contributed by atoms with Crippen molar-refractivity contribution in [3.05, 3.63) is 16.9 Å². The van der Waals surface area contributed by atoms with E-state index in [0.29, 0.717) is 19.1 Å². The molecule has 7 heteroatoms. The van der Waals surface area contributed by atoms with Gasteiger partial charge in [-0.2, -0.15) is 0 Å². The Morgan fingerprint density at radius 3 is 2.75 bits per heavy atom. The molecule has 1 aliphatic heterocycles. The van der Waals surface area contributed by atoms with E-state index < -0.39 is 0 Å². The predicted molar refractivity (Wildman–Crippen MR) is 77.6 cm³/mol. The summed E-state index contributed by atoms with van der Waals surface area (Å²) < 4.78 is 5.92. The van der Waals surface area contributed by atoms with Crippen molar-refractivity contribution in [1.29, 1.82) is 0 Å². The van der Waals surface area contributed by atoms with Gasteiger partial charge in [-0.25, -0.2) is 14.8 Å². The zero-order valence-electron chi connectivity index (χ0n) is 11.3. The number of fused-ring (bicyclic) bond motifs is 1. The molecule has 1 aromatic rings. The lowest BCUT2D eigenvalue weighted by atomic mass is 10.2. The first kappa shape index (κ1) is 13.8. The number of aromatic nitrogens is 2. The van der Waals surface area contributed by atoms with Crippen molar-refractivity contribution in [1.82, 2.24) is 14.9 Å². The molecule has 2 aliphatic rings. The summed E-state index contributed by atoms with van der Waals surface area (Å²) in [7, 11) is 1.66. The highest BCUT2D eigenvalue weighted by atomic mass is 79.9. The van der Waals surface area contributed by atoms with Crippen LogP contribution in [0.5, 0.6) is 0 Å². The van der Waals surface area contributed by atoms with Crippen molar-refractivity contribution < 1.29 is 9.53 Å². The Bertz CT molecular complexity index is 496. The van der Waals surface area contributed by atoms with E-state index in [1.807, 2.05) is 4.90 Å². The highest BCUT2D eigenvalue weighted by Gasteiger charge is 2.49. The van der Waals surface area contributed by atoms with Gasteiger partial charge in [-0.05, 0) is 35.2 Å². The van der Waals surface area contributed by atoms with E-state index in [-0.39, 0.29) is 18.1 Å². The minimum Gasteiger partial charge on any atom is -0.383 e. The average molecular weight is 341 g/mol. The maximum absolute atomic E-state index is 12.6. The van der Waals surface area contributed by atoms with E-state index in [2.05, 4.69) is 25.9 Å². The van der Waals surface area contributed by atoms with Crippen molar-refractivity contribution in [2.45, 2.75) is 31.3 Å². The Hall–Kier alpha value is -1.21. The molecule has 2 atom stereocenters. The number of carbonyl (C=O) groups excluding carboxylic acids is 1. The van der Waals surface area contributed by atoms with Gasteiger partial charge in [0.05, 0.1) is 23.2 Å². The first-order chi connectivity index (χ1) is 9.72. The Labute approximate surface area is 126 Å². The molecule has 0 aromatic carbocycles. The minimum atomic E-state index is -0.000859. The summed E-state index contributed by atoms with van der Waals surface area (Å²) in [6, 6.07) is 0.463. The molecule has 0 unspecified atom stereocenters. The van der Waals surface area contributed by atoms with Crippen LogP contribution >= 0.6 is 15.9 Å². The summed E-state index contributed by atoms with van der Waals surface area (Å²) in [5, 5.41) is 0. The van der Waals surface area contributed by atoms with Crippen LogP contribution < -0.4 is 4.90 Å². The summed E-state index contributed by atoms with van der Waals surface area (Å²) >= 11 is 3.32.